The number of non-ortho nitro benzene ring substituents is 1. The number of hydrogen-bond acceptors (Lipinski definition) is 5. The molecule has 0 unspecified atom stereocenters. The molecule has 0 saturated carbocycles. The molecule has 1 rings (SSSR count). The van der Waals surface area contributed by atoms with Crippen molar-refractivity contribution >= 4 is 40.9 Å². The van der Waals surface area contributed by atoms with Gasteiger partial charge in [0.05, 0.1) is 15.5 Å². The molecule has 0 aliphatic carbocycles. The average Bonchev–Trinajstić information content (AvgIpc) is 2.42. The minimum atomic E-state index is -1.14. The van der Waals surface area contributed by atoms with Crippen LogP contribution in [0.15, 0.2) is 18.2 Å². The number of amides is 1. The Morgan fingerprint density at radius 2 is 2.19 bits per heavy atom. The number of benzene rings is 1. The fraction of sp³-hybridized carbons (Fsp3) is 0.333. The summed E-state index contributed by atoms with van der Waals surface area (Å²) in [7, 11) is 0. The molecule has 0 radical (unpaired) electrons. The summed E-state index contributed by atoms with van der Waals surface area (Å²) in [5.41, 5.74) is -0.244. The zero-order chi connectivity index (χ0) is 16.0. The van der Waals surface area contributed by atoms with Crippen LogP contribution in [0.2, 0.25) is 5.02 Å². The molecule has 21 heavy (non-hydrogen) atoms. The van der Waals surface area contributed by atoms with E-state index in [0.29, 0.717) is 5.75 Å². The van der Waals surface area contributed by atoms with E-state index < -0.39 is 22.8 Å². The molecule has 1 aromatic rings. The first-order valence-electron chi connectivity index (χ1n) is 5.83. The summed E-state index contributed by atoms with van der Waals surface area (Å²) in [4.78, 5) is 33.0. The first-order valence-corrected chi connectivity index (χ1v) is 7.60. The van der Waals surface area contributed by atoms with Gasteiger partial charge in [-0.15, -0.1) is 0 Å². The highest BCUT2D eigenvalue weighted by molar-refractivity contribution is 7.98. The molecule has 0 aliphatic rings. The number of nitro benzene ring substituents is 1. The fourth-order valence-electron chi connectivity index (χ4n) is 1.53. The van der Waals surface area contributed by atoms with Gasteiger partial charge in [0.2, 0.25) is 0 Å². The first kappa shape index (κ1) is 17.3. The minimum Gasteiger partial charge on any atom is -0.480 e. The standard InChI is InChI=1S/C12H13ClN2O5S/c1-21-5-4-10(12(17)18)14-11(16)8-3-2-7(15(19)20)6-9(8)13/h2-3,6,10H,4-5H2,1H3,(H,14,16)(H,17,18)/t10-/m0/s1. The van der Waals surface area contributed by atoms with E-state index in [-0.39, 0.29) is 22.7 Å². The van der Waals surface area contributed by atoms with Crippen molar-refractivity contribution in [1.82, 2.24) is 5.32 Å². The lowest BCUT2D eigenvalue weighted by Crippen LogP contribution is -2.41. The van der Waals surface area contributed by atoms with Crippen molar-refractivity contribution in [3.63, 3.8) is 0 Å². The van der Waals surface area contributed by atoms with Crippen molar-refractivity contribution < 1.29 is 19.6 Å². The van der Waals surface area contributed by atoms with Crippen molar-refractivity contribution in [3.05, 3.63) is 38.9 Å². The molecule has 1 aromatic carbocycles. The van der Waals surface area contributed by atoms with Gasteiger partial charge in [-0.25, -0.2) is 4.79 Å². The summed E-state index contributed by atoms with van der Waals surface area (Å²) >= 11 is 7.28. The van der Waals surface area contributed by atoms with E-state index in [9.17, 15) is 19.7 Å². The number of carboxylic acids is 1. The summed E-state index contributed by atoms with van der Waals surface area (Å²) in [5.74, 6) is -1.25. The van der Waals surface area contributed by atoms with Crippen LogP contribution in [0.3, 0.4) is 0 Å². The number of halogens is 1. The predicted octanol–water partition coefficient (Wildman–Crippen LogP) is 2.18. The van der Waals surface area contributed by atoms with Gasteiger partial charge in [0.15, 0.2) is 0 Å². The quantitative estimate of drug-likeness (QED) is 0.585. The van der Waals surface area contributed by atoms with Gasteiger partial charge in [-0.1, -0.05) is 11.6 Å². The zero-order valence-corrected chi connectivity index (χ0v) is 12.6. The van der Waals surface area contributed by atoms with Gasteiger partial charge in [-0.2, -0.15) is 11.8 Å². The largest absolute Gasteiger partial charge is 0.480 e. The van der Waals surface area contributed by atoms with Crippen molar-refractivity contribution in [1.29, 1.82) is 0 Å². The Balaban J connectivity index is 2.87. The Morgan fingerprint density at radius 3 is 2.67 bits per heavy atom. The van der Waals surface area contributed by atoms with Crippen LogP contribution in [0, 0.1) is 10.1 Å². The Bertz CT molecular complexity index is 567. The number of aliphatic carboxylic acids is 1. The molecule has 0 heterocycles. The molecular weight excluding hydrogens is 320 g/mol. The van der Waals surface area contributed by atoms with E-state index in [0.717, 1.165) is 12.1 Å². The molecule has 0 fully saturated rings. The van der Waals surface area contributed by atoms with Crippen LogP contribution in [-0.2, 0) is 4.79 Å². The Labute approximate surface area is 129 Å². The highest BCUT2D eigenvalue weighted by Gasteiger charge is 2.22. The summed E-state index contributed by atoms with van der Waals surface area (Å²) in [6, 6.07) is 2.35. The lowest BCUT2D eigenvalue weighted by molar-refractivity contribution is -0.384. The zero-order valence-electron chi connectivity index (χ0n) is 11.0. The Kier molecular flexibility index (Phi) is 6.44. The van der Waals surface area contributed by atoms with Crippen LogP contribution in [0.4, 0.5) is 5.69 Å². The number of carboxylic acid groups (broad SMARTS) is 1. The third-order valence-corrected chi connectivity index (χ3v) is 3.58. The molecular formula is C12H13ClN2O5S. The highest BCUT2D eigenvalue weighted by Crippen LogP contribution is 2.22. The second-order valence-corrected chi connectivity index (χ2v) is 5.46. The SMILES string of the molecule is CSCC[C@H](NC(=O)c1ccc([N+](=O)[O-])cc1Cl)C(=O)O. The minimum absolute atomic E-state index is 0.00216. The number of thioether (sulfide) groups is 1. The van der Waals surface area contributed by atoms with E-state index in [1.54, 1.807) is 0 Å². The normalized spacial score (nSPS) is 11.7. The van der Waals surface area contributed by atoms with Crippen LogP contribution in [0.5, 0.6) is 0 Å². The van der Waals surface area contributed by atoms with Crippen LogP contribution >= 0.6 is 23.4 Å². The summed E-state index contributed by atoms with van der Waals surface area (Å²) in [5, 5.41) is 21.9. The third kappa shape index (κ3) is 4.91. The van der Waals surface area contributed by atoms with E-state index in [1.165, 1.54) is 17.8 Å². The number of rotatable bonds is 7. The van der Waals surface area contributed by atoms with Crippen molar-refractivity contribution in [2.24, 2.45) is 0 Å². The van der Waals surface area contributed by atoms with Gasteiger partial charge >= 0.3 is 5.97 Å². The third-order valence-electron chi connectivity index (χ3n) is 2.62. The van der Waals surface area contributed by atoms with Gasteiger partial charge in [0.25, 0.3) is 11.6 Å². The van der Waals surface area contributed by atoms with E-state index in [1.807, 2.05) is 6.26 Å². The van der Waals surface area contributed by atoms with Crippen molar-refractivity contribution in [2.75, 3.05) is 12.0 Å². The molecule has 0 aromatic heterocycles. The van der Waals surface area contributed by atoms with Crippen LogP contribution in [-0.4, -0.2) is 40.0 Å². The van der Waals surface area contributed by atoms with Gasteiger partial charge in [0, 0.05) is 12.1 Å². The van der Waals surface area contributed by atoms with Gasteiger partial charge in [-0.3, -0.25) is 14.9 Å². The van der Waals surface area contributed by atoms with Gasteiger partial charge in [-0.05, 0) is 24.5 Å². The molecule has 2 N–H and O–H groups in total. The van der Waals surface area contributed by atoms with Crippen LogP contribution < -0.4 is 5.32 Å². The van der Waals surface area contributed by atoms with Crippen molar-refractivity contribution in [2.45, 2.75) is 12.5 Å². The van der Waals surface area contributed by atoms with E-state index in [4.69, 9.17) is 16.7 Å². The maximum Gasteiger partial charge on any atom is 0.326 e. The number of nitrogens with zero attached hydrogens (tertiary/aromatic N) is 1. The van der Waals surface area contributed by atoms with Gasteiger partial charge < -0.3 is 10.4 Å². The molecule has 0 spiro atoms. The first-order chi connectivity index (χ1) is 9.86. The van der Waals surface area contributed by atoms with Gasteiger partial charge in [0.1, 0.15) is 6.04 Å². The van der Waals surface area contributed by atoms with E-state index in [2.05, 4.69) is 5.32 Å². The second-order valence-electron chi connectivity index (χ2n) is 4.07. The summed E-state index contributed by atoms with van der Waals surface area (Å²) < 4.78 is 0. The Morgan fingerprint density at radius 1 is 1.52 bits per heavy atom. The molecule has 114 valence electrons. The topological polar surface area (TPSA) is 110 Å². The summed E-state index contributed by atoms with van der Waals surface area (Å²) in [6.45, 7) is 0. The van der Waals surface area contributed by atoms with Crippen LogP contribution in [0.1, 0.15) is 16.8 Å². The van der Waals surface area contributed by atoms with E-state index >= 15 is 0 Å². The maximum atomic E-state index is 12.0. The lowest BCUT2D eigenvalue weighted by Gasteiger charge is -2.14. The lowest BCUT2D eigenvalue weighted by atomic mass is 10.1. The van der Waals surface area contributed by atoms with Crippen molar-refractivity contribution in [3.8, 4) is 0 Å². The number of nitro groups is 1. The molecule has 1 amide bonds. The van der Waals surface area contributed by atoms with Crippen LogP contribution in [0.25, 0.3) is 0 Å². The fourth-order valence-corrected chi connectivity index (χ4v) is 2.26. The number of hydrogen-bond donors (Lipinski definition) is 2. The molecule has 1 atom stereocenters. The molecule has 0 saturated heterocycles. The highest BCUT2D eigenvalue weighted by atomic mass is 35.5. The Hall–Kier alpha value is -1.80. The number of nitrogens with one attached hydrogen (secondary N) is 1. The molecule has 0 aliphatic heterocycles. The smallest absolute Gasteiger partial charge is 0.326 e. The predicted molar refractivity (Wildman–Crippen MR) is 80.0 cm³/mol. The molecule has 0 bridgehead atoms. The number of carbonyl (C=O) groups is 2. The average molecular weight is 333 g/mol. The second kappa shape index (κ2) is 7.84. The summed E-state index contributed by atoms with van der Waals surface area (Å²) in [6.07, 6.45) is 2.10. The molecule has 7 nitrogen and oxygen atoms in total. The number of carbonyl (C=O) groups excluding carboxylic acids is 1. The monoisotopic (exact) mass is 332 g/mol. The molecule has 9 heteroatoms. The maximum absolute atomic E-state index is 12.0.